The topological polar surface area (TPSA) is 73.1 Å². The Labute approximate surface area is 175 Å². The number of aryl methyl sites for hydroxylation is 2. The predicted molar refractivity (Wildman–Crippen MR) is 112 cm³/mol. The molecule has 5 rings (SSSR count). The van der Waals surface area contributed by atoms with Crippen molar-refractivity contribution in [2.24, 2.45) is 5.92 Å². The number of nitrogens with zero attached hydrogens (tertiary/aromatic N) is 5. The Kier molecular flexibility index (Phi) is 4.53. The highest BCUT2D eigenvalue weighted by Crippen LogP contribution is 2.45. The standard InChI is InChI=1S/C23H25N5O2/c1-14-5-4-6-19(22(14)28-25-9-10-26-28)23(29)27-16(3)17-11-20(27)21(12-17)30-18-8-7-15(2)24-13-18/h4-10,13,16-17,20-21H,11-12H2,1-3H3. The van der Waals surface area contributed by atoms with E-state index < -0.39 is 0 Å². The minimum atomic E-state index is -0.0178. The first-order valence-corrected chi connectivity index (χ1v) is 10.4. The van der Waals surface area contributed by atoms with Gasteiger partial charge in [0.2, 0.25) is 0 Å². The minimum Gasteiger partial charge on any atom is -0.487 e. The second-order valence-electron chi connectivity index (χ2n) is 8.33. The monoisotopic (exact) mass is 403 g/mol. The highest BCUT2D eigenvalue weighted by atomic mass is 16.5. The third kappa shape index (κ3) is 3.05. The fraction of sp³-hybridized carbons (Fsp3) is 0.391. The Morgan fingerprint density at radius 1 is 1.10 bits per heavy atom. The van der Waals surface area contributed by atoms with Crippen molar-refractivity contribution < 1.29 is 9.53 Å². The van der Waals surface area contributed by atoms with Gasteiger partial charge in [0.05, 0.1) is 30.2 Å². The van der Waals surface area contributed by atoms with E-state index in [0.717, 1.165) is 35.5 Å². The lowest BCUT2D eigenvalue weighted by molar-refractivity contribution is 0.0325. The molecule has 7 heteroatoms. The fourth-order valence-corrected chi connectivity index (χ4v) is 4.96. The summed E-state index contributed by atoms with van der Waals surface area (Å²) in [5, 5.41) is 8.53. The van der Waals surface area contributed by atoms with Crippen molar-refractivity contribution in [2.75, 3.05) is 0 Å². The molecule has 154 valence electrons. The molecule has 7 nitrogen and oxygen atoms in total. The molecule has 0 spiro atoms. The maximum Gasteiger partial charge on any atom is 0.256 e. The summed E-state index contributed by atoms with van der Waals surface area (Å²) in [5.41, 5.74) is 3.29. The zero-order valence-corrected chi connectivity index (χ0v) is 17.4. The highest BCUT2D eigenvalue weighted by Gasteiger charge is 2.52. The van der Waals surface area contributed by atoms with Crippen LogP contribution in [0.5, 0.6) is 5.75 Å². The van der Waals surface area contributed by atoms with Crippen LogP contribution in [0.15, 0.2) is 48.9 Å². The Bertz CT molecular complexity index is 1060. The first-order chi connectivity index (χ1) is 14.5. The predicted octanol–water partition coefficient (Wildman–Crippen LogP) is 3.35. The number of para-hydroxylation sites is 1. The van der Waals surface area contributed by atoms with E-state index in [0.29, 0.717) is 11.5 Å². The van der Waals surface area contributed by atoms with Gasteiger partial charge in [0.1, 0.15) is 17.5 Å². The number of piperidine rings is 1. The molecular weight excluding hydrogens is 378 g/mol. The smallest absolute Gasteiger partial charge is 0.256 e. The van der Waals surface area contributed by atoms with E-state index >= 15 is 0 Å². The number of hydrogen-bond acceptors (Lipinski definition) is 5. The molecule has 4 unspecified atom stereocenters. The number of hydrogen-bond donors (Lipinski definition) is 0. The molecule has 30 heavy (non-hydrogen) atoms. The van der Waals surface area contributed by atoms with Gasteiger partial charge in [-0.3, -0.25) is 9.78 Å². The summed E-state index contributed by atoms with van der Waals surface area (Å²) >= 11 is 0. The average molecular weight is 403 g/mol. The van der Waals surface area contributed by atoms with Crippen LogP contribution in [0.1, 0.15) is 41.4 Å². The molecule has 2 bridgehead atoms. The van der Waals surface area contributed by atoms with Gasteiger partial charge in [-0.2, -0.15) is 15.0 Å². The van der Waals surface area contributed by atoms with Gasteiger partial charge in [0, 0.05) is 11.7 Å². The number of pyridine rings is 1. The number of carbonyl (C=O) groups is 1. The van der Waals surface area contributed by atoms with Crippen molar-refractivity contribution in [3.8, 4) is 11.4 Å². The lowest BCUT2D eigenvalue weighted by Crippen LogP contribution is -2.51. The van der Waals surface area contributed by atoms with E-state index in [-0.39, 0.29) is 24.1 Å². The van der Waals surface area contributed by atoms with E-state index in [1.165, 1.54) is 4.80 Å². The van der Waals surface area contributed by atoms with E-state index in [9.17, 15) is 4.79 Å². The van der Waals surface area contributed by atoms with Crippen LogP contribution >= 0.6 is 0 Å². The Balaban J connectivity index is 1.45. The Morgan fingerprint density at radius 3 is 2.60 bits per heavy atom. The molecule has 1 aliphatic heterocycles. The molecule has 3 heterocycles. The molecule has 1 saturated heterocycles. The van der Waals surface area contributed by atoms with E-state index in [4.69, 9.17) is 4.74 Å². The molecule has 1 aromatic carbocycles. The van der Waals surface area contributed by atoms with Crippen molar-refractivity contribution in [1.29, 1.82) is 0 Å². The lowest BCUT2D eigenvalue weighted by Gasteiger charge is -2.38. The van der Waals surface area contributed by atoms with Crippen molar-refractivity contribution in [2.45, 2.75) is 51.8 Å². The summed E-state index contributed by atoms with van der Waals surface area (Å²) in [6.45, 7) is 6.08. The number of aromatic nitrogens is 4. The number of carbonyl (C=O) groups excluding carboxylic acids is 1. The summed E-state index contributed by atoms with van der Waals surface area (Å²) < 4.78 is 6.27. The van der Waals surface area contributed by atoms with Crippen LogP contribution in [-0.2, 0) is 0 Å². The third-order valence-electron chi connectivity index (χ3n) is 6.48. The van der Waals surface area contributed by atoms with Crippen LogP contribution in [-0.4, -0.2) is 49.0 Å². The van der Waals surface area contributed by atoms with Crippen molar-refractivity contribution in [1.82, 2.24) is 24.9 Å². The summed E-state index contributed by atoms with van der Waals surface area (Å²) in [4.78, 5) is 21.6. The van der Waals surface area contributed by atoms with Gasteiger partial charge in [-0.15, -0.1) is 0 Å². The maximum atomic E-state index is 13.7. The molecular formula is C23H25N5O2. The Hall–Kier alpha value is -3.22. The second-order valence-corrected chi connectivity index (χ2v) is 8.33. The quantitative estimate of drug-likeness (QED) is 0.668. The minimum absolute atomic E-state index is 0.0151. The SMILES string of the molecule is Cc1ccc(OC2CC3CC2N(C(=O)c2cccc(C)c2-n2nccn2)C3C)cn1. The number of amides is 1. The largest absolute Gasteiger partial charge is 0.487 e. The molecule has 0 radical (unpaired) electrons. The summed E-state index contributed by atoms with van der Waals surface area (Å²) in [7, 11) is 0. The van der Waals surface area contributed by atoms with Crippen LogP contribution < -0.4 is 4.74 Å². The normalized spacial score (nSPS) is 25.0. The first-order valence-electron chi connectivity index (χ1n) is 10.4. The fourth-order valence-electron chi connectivity index (χ4n) is 4.96. The van der Waals surface area contributed by atoms with Crippen molar-refractivity contribution in [3.63, 3.8) is 0 Å². The summed E-state index contributed by atoms with van der Waals surface area (Å²) in [5.74, 6) is 1.22. The second kappa shape index (κ2) is 7.23. The average Bonchev–Trinajstić information content (AvgIpc) is 3.46. The molecule has 2 aliphatic rings. The lowest BCUT2D eigenvalue weighted by atomic mass is 9.97. The van der Waals surface area contributed by atoms with Gasteiger partial charge in [0.15, 0.2) is 0 Å². The number of ether oxygens (including phenoxy) is 1. The molecule has 0 N–H and O–H groups in total. The van der Waals surface area contributed by atoms with Crippen LogP contribution in [0.3, 0.4) is 0 Å². The van der Waals surface area contributed by atoms with Gasteiger partial charge in [-0.1, -0.05) is 12.1 Å². The molecule has 1 saturated carbocycles. The zero-order chi connectivity index (χ0) is 20.8. The van der Waals surface area contributed by atoms with Gasteiger partial charge >= 0.3 is 0 Å². The van der Waals surface area contributed by atoms with Crippen molar-refractivity contribution in [3.05, 3.63) is 65.7 Å². The molecule has 4 atom stereocenters. The van der Waals surface area contributed by atoms with Gasteiger partial charge in [-0.05, 0) is 63.3 Å². The van der Waals surface area contributed by atoms with E-state index in [1.807, 2.05) is 49.1 Å². The third-order valence-corrected chi connectivity index (χ3v) is 6.48. The van der Waals surface area contributed by atoms with Crippen LogP contribution in [0.25, 0.3) is 5.69 Å². The number of rotatable bonds is 4. The maximum absolute atomic E-state index is 13.7. The van der Waals surface area contributed by atoms with Crippen LogP contribution in [0.4, 0.5) is 0 Å². The number of likely N-dealkylation sites (tertiary alicyclic amines) is 1. The van der Waals surface area contributed by atoms with Gasteiger partial charge in [-0.25, -0.2) is 0 Å². The van der Waals surface area contributed by atoms with E-state index in [2.05, 4.69) is 22.1 Å². The van der Waals surface area contributed by atoms with Crippen molar-refractivity contribution >= 4 is 5.91 Å². The van der Waals surface area contributed by atoms with Gasteiger partial charge in [0.25, 0.3) is 5.91 Å². The summed E-state index contributed by atoms with van der Waals surface area (Å²) in [6, 6.07) is 9.89. The zero-order valence-electron chi connectivity index (χ0n) is 17.4. The van der Waals surface area contributed by atoms with Gasteiger partial charge < -0.3 is 9.64 Å². The van der Waals surface area contributed by atoms with Crippen LogP contribution in [0.2, 0.25) is 0 Å². The number of benzene rings is 1. The summed E-state index contributed by atoms with van der Waals surface area (Å²) in [6.07, 6.45) is 6.93. The Morgan fingerprint density at radius 2 is 1.90 bits per heavy atom. The highest BCUT2D eigenvalue weighted by molar-refractivity contribution is 5.99. The molecule has 1 amide bonds. The first kappa shape index (κ1) is 18.8. The van der Waals surface area contributed by atoms with Crippen LogP contribution in [0, 0.1) is 19.8 Å². The molecule has 3 aromatic rings. The molecule has 2 aromatic heterocycles. The molecule has 1 aliphatic carbocycles. The number of fused-ring (bicyclic) bond motifs is 2. The van der Waals surface area contributed by atoms with E-state index in [1.54, 1.807) is 18.6 Å². The molecule has 2 fully saturated rings.